The highest BCUT2D eigenvalue weighted by Gasteiger charge is 1.81. The molecule has 21 heavy (non-hydrogen) atoms. The lowest BCUT2D eigenvalue weighted by Gasteiger charge is -1.90. The van der Waals surface area contributed by atoms with Gasteiger partial charge in [-0.1, -0.05) is 91.5 Å². The van der Waals surface area contributed by atoms with Gasteiger partial charge in [-0.2, -0.15) is 5.26 Å². The van der Waals surface area contributed by atoms with E-state index in [1.165, 1.54) is 11.1 Å². The van der Waals surface area contributed by atoms with E-state index in [1.54, 1.807) is 6.92 Å². The van der Waals surface area contributed by atoms with Gasteiger partial charge in [0.2, 0.25) is 0 Å². The number of nitriles is 1. The van der Waals surface area contributed by atoms with Crippen molar-refractivity contribution in [1.82, 2.24) is 0 Å². The molecule has 104 valence electrons. The molecule has 2 aromatic carbocycles. The Morgan fingerprint density at radius 3 is 1.48 bits per heavy atom. The Bertz CT molecular complexity index is 581. The molecule has 0 aliphatic carbocycles. The molecule has 0 aromatic heterocycles. The van der Waals surface area contributed by atoms with Gasteiger partial charge >= 0.3 is 0 Å². The first-order valence-electron chi connectivity index (χ1n) is 6.73. The summed E-state index contributed by atoms with van der Waals surface area (Å²) in [6.07, 6.45) is 8.31. The zero-order valence-corrected chi connectivity index (χ0v) is 12.2. The summed E-state index contributed by atoms with van der Waals surface area (Å²) >= 11 is 0. The van der Waals surface area contributed by atoms with Crippen molar-refractivity contribution < 1.29 is 0 Å². The Kier molecular flexibility index (Phi) is 7.72. The monoisotopic (exact) mass is 273 g/mol. The number of hydrogen-bond donors (Lipinski definition) is 0. The van der Waals surface area contributed by atoms with Crippen LogP contribution in [-0.2, 0) is 0 Å². The van der Waals surface area contributed by atoms with Crippen molar-refractivity contribution in [2.24, 2.45) is 0 Å². The molecular weight excluding hydrogens is 254 g/mol. The number of nitrogens with zero attached hydrogens (tertiary/aromatic N) is 1. The summed E-state index contributed by atoms with van der Waals surface area (Å²) in [5.41, 5.74) is 3.01. The number of allylic oxidation sites excluding steroid dienone is 3. The van der Waals surface area contributed by atoms with Crippen LogP contribution in [0.4, 0.5) is 0 Å². The first-order valence-corrected chi connectivity index (χ1v) is 6.73. The summed E-state index contributed by atoms with van der Waals surface area (Å²) in [6, 6.07) is 22.4. The molecule has 0 saturated heterocycles. The third-order valence-electron chi connectivity index (χ3n) is 2.48. The molecule has 0 radical (unpaired) electrons. The van der Waals surface area contributed by atoms with Crippen LogP contribution in [0, 0.1) is 11.3 Å². The summed E-state index contributed by atoms with van der Waals surface area (Å²) in [5.74, 6) is 0. The maximum atomic E-state index is 7.79. The van der Waals surface area contributed by atoms with Crippen LogP contribution in [0.25, 0.3) is 12.2 Å². The SMILES string of the molecule is C(C=Cc1ccccc1)=Cc1ccccc1.C=C(C)C#N. The predicted molar refractivity (Wildman–Crippen MR) is 91.4 cm³/mol. The summed E-state index contributed by atoms with van der Waals surface area (Å²) in [5, 5.41) is 7.79. The fourth-order valence-electron chi connectivity index (χ4n) is 1.46. The largest absolute Gasteiger partial charge is 0.193 e. The van der Waals surface area contributed by atoms with Crippen LogP contribution in [0.5, 0.6) is 0 Å². The second kappa shape index (κ2) is 10.00. The lowest BCUT2D eigenvalue weighted by atomic mass is 10.2. The Morgan fingerprint density at radius 1 is 0.857 bits per heavy atom. The molecule has 0 aliphatic heterocycles. The molecular formula is C20H19N. The Balaban J connectivity index is 0.000000383. The Labute approximate surface area is 127 Å². The minimum Gasteiger partial charge on any atom is -0.193 e. The zero-order valence-electron chi connectivity index (χ0n) is 12.2. The van der Waals surface area contributed by atoms with Crippen LogP contribution >= 0.6 is 0 Å². The second-order valence-corrected chi connectivity index (χ2v) is 4.43. The molecule has 0 N–H and O–H groups in total. The molecule has 0 aliphatic rings. The van der Waals surface area contributed by atoms with E-state index in [9.17, 15) is 0 Å². The van der Waals surface area contributed by atoms with Crippen molar-refractivity contribution in [3.8, 4) is 6.07 Å². The molecule has 0 bridgehead atoms. The molecule has 0 atom stereocenters. The van der Waals surface area contributed by atoms with Crippen LogP contribution in [0.1, 0.15) is 18.1 Å². The number of benzene rings is 2. The van der Waals surface area contributed by atoms with Gasteiger partial charge in [0.1, 0.15) is 0 Å². The van der Waals surface area contributed by atoms with Gasteiger partial charge in [-0.25, -0.2) is 0 Å². The molecule has 1 heteroatoms. The van der Waals surface area contributed by atoms with Gasteiger partial charge < -0.3 is 0 Å². The van der Waals surface area contributed by atoms with E-state index in [2.05, 4.69) is 55.1 Å². The summed E-state index contributed by atoms with van der Waals surface area (Å²) < 4.78 is 0. The van der Waals surface area contributed by atoms with E-state index in [0.717, 1.165) is 0 Å². The van der Waals surface area contributed by atoms with Gasteiger partial charge in [-0.3, -0.25) is 0 Å². The van der Waals surface area contributed by atoms with Crippen LogP contribution in [0.15, 0.2) is 85.0 Å². The maximum absolute atomic E-state index is 7.79. The third-order valence-corrected chi connectivity index (χ3v) is 2.48. The van der Waals surface area contributed by atoms with Crippen molar-refractivity contribution in [1.29, 1.82) is 5.26 Å². The fourth-order valence-corrected chi connectivity index (χ4v) is 1.46. The highest BCUT2D eigenvalue weighted by Crippen LogP contribution is 2.03. The lowest BCUT2D eigenvalue weighted by Crippen LogP contribution is -1.68. The van der Waals surface area contributed by atoms with E-state index in [4.69, 9.17) is 5.26 Å². The summed E-state index contributed by atoms with van der Waals surface area (Å²) in [7, 11) is 0. The highest BCUT2D eigenvalue weighted by atomic mass is 14.2. The van der Waals surface area contributed by atoms with E-state index in [1.807, 2.05) is 42.5 Å². The summed E-state index contributed by atoms with van der Waals surface area (Å²) in [6.45, 7) is 4.98. The van der Waals surface area contributed by atoms with Crippen molar-refractivity contribution in [2.45, 2.75) is 6.92 Å². The standard InChI is InChI=1S/C16H14.C4H5N/c1-3-9-15(10-4-1)13-7-8-14-16-11-5-2-6-12-16;1-4(2)3-5/h1-14H;1H2,2H3. The number of rotatable bonds is 3. The first-order chi connectivity index (χ1) is 10.2. The summed E-state index contributed by atoms with van der Waals surface area (Å²) in [4.78, 5) is 0. The van der Waals surface area contributed by atoms with E-state index in [0.29, 0.717) is 5.57 Å². The molecule has 1 nitrogen and oxygen atoms in total. The van der Waals surface area contributed by atoms with Crippen LogP contribution in [0.2, 0.25) is 0 Å². The molecule has 0 saturated carbocycles. The molecule has 2 aromatic rings. The average Bonchev–Trinajstić information content (AvgIpc) is 2.54. The van der Waals surface area contributed by atoms with Gasteiger partial charge in [-0.15, -0.1) is 0 Å². The highest BCUT2D eigenvalue weighted by molar-refractivity contribution is 5.56. The van der Waals surface area contributed by atoms with Crippen molar-refractivity contribution >= 4 is 12.2 Å². The number of hydrogen-bond acceptors (Lipinski definition) is 1. The Hall–Kier alpha value is -2.85. The van der Waals surface area contributed by atoms with E-state index >= 15 is 0 Å². The predicted octanol–water partition coefficient (Wildman–Crippen LogP) is 5.50. The second-order valence-electron chi connectivity index (χ2n) is 4.43. The minimum absolute atomic E-state index is 0.560. The van der Waals surface area contributed by atoms with Gasteiger partial charge in [0.25, 0.3) is 0 Å². The topological polar surface area (TPSA) is 23.8 Å². The van der Waals surface area contributed by atoms with Crippen molar-refractivity contribution in [3.05, 3.63) is 96.1 Å². The lowest BCUT2D eigenvalue weighted by molar-refractivity contribution is 1.46. The first kappa shape index (κ1) is 16.2. The molecule has 0 spiro atoms. The van der Waals surface area contributed by atoms with Crippen LogP contribution in [-0.4, -0.2) is 0 Å². The molecule has 0 unspecified atom stereocenters. The van der Waals surface area contributed by atoms with Crippen LogP contribution < -0.4 is 0 Å². The van der Waals surface area contributed by atoms with Gasteiger partial charge in [0, 0.05) is 5.57 Å². The average molecular weight is 273 g/mol. The van der Waals surface area contributed by atoms with Gasteiger partial charge in [-0.05, 0) is 18.1 Å². The smallest absolute Gasteiger partial charge is 0.0937 e. The van der Waals surface area contributed by atoms with Crippen molar-refractivity contribution in [3.63, 3.8) is 0 Å². The van der Waals surface area contributed by atoms with Crippen molar-refractivity contribution in [2.75, 3.05) is 0 Å². The maximum Gasteiger partial charge on any atom is 0.0937 e. The molecule has 0 fully saturated rings. The van der Waals surface area contributed by atoms with E-state index in [-0.39, 0.29) is 0 Å². The van der Waals surface area contributed by atoms with Gasteiger partial charge in [0.05, 0.1) is 6.07 Å². The Morgan fingerprint density at radius 2 is 1.19 bits per heavy atom. The third kappa shape index (κ3) is 8.02. The van der Waals surface area contributed by atoms with Crippen LogP contribution in [0.3, 0.4) is 0 Å². The minimum atomic E-state index is 0.560. The molecule has 0 heterocycles. The van der Waals surface area contributed by atoms with E-state index < -0.39 is 0 Å². The fraction of sp³-hybridized carbons (Fsp3) is 0.0500. The molecule has 2 rings (SSSR count). The molecule has 0 amide bonds. The zero-order chi connectivity index (χ0) is 15.3. The normalized spacial score (nSPS) is 9.90. The quantitative estimate of drug-likeness (QED) is 0.535. The van der Waals surface area contributed by atoms with Gasteiger partial charge in [0.15, 0.2) is 0 Å².